The second kappa shape index (κ2) is 5.75. The molecule has 0 fully saturated rings. The molecule has 116 valence electrons. The molecule has 1 aliphatic rings. The number of ether oxygens (including phenoxy) is 2. The lowest BCUT2D eigenvalue weighted by Gasteiger charge is -2.08. The van der Waals surface area contributed by atoms with Crippen LogP contribution in [0.3, 0.4) is 0 Å². The number of nitrogens with one attached hydrogen (secondary N) is 1. The van der Waals surface area contributed by atoms with Gasteiger partial charge in [0.15, 0.2) is 11.5 Å². The average Bonchev–Trinajstić information content (AvgIpc) is 2.95. The molecule has 0 aromatic heterocycles. The van der Waals surface area contributed by atoms with Crippen LogP contribution in [0.2, 0.25) is 5.02 Å². The van der Waals surface area contributed by atoms with Gasteiger partial charge in [0.05, 0.1) is 9.92 Å². The maximum Gasteiger partial charge on any atom is 0.240 e. The van der Waals surface area contributed by atoms with Gasteiger partial charge in [0.2, 0.25) is 16.8 Å². The van der Waals surface area contributed by atoms with Gasteiger partial charge in [-0.25, -0.2) is 17.5 Å². The van der Waals surface area contributed by atoms with E-state index in [9.17, 15) is 12.8 Å². The van der Waals surface area contributed by atoms with Gasteiger partial charge >= 0.3 is 0 Å². The van der Waals surface area contributed by atoms with E-state index in [4.69, 9.17) is 21.1 Å². The fourth-order valence-corrected chi connectivity index (χ4v) is 3.25. The first kappa shape index (κ1) is 15.1. The predicted molar refractivity (Wildman–Crippen MR) is 78.0 cm³/mol. The second-order valence-electron chi connectivity index (χ2n) is 4.59. The molecule has 8 heteroatoms. The van der Waals surface area contributed by atoms with Crippen LogP contribution in [0.25, 0.3) is 0 Å². The molecule has 5 nitrogen and oxygen atoms in total. The molecule has 2 aromatic rings. The Bertz CT molecular complexity index is 826. The zero-order valence-electron chi connectivity index (χ0n) is 11.2. The lowest BCUT2D eigenvalue weighted by molar-refractivity contribution is 0.174. The van der Waals surface area contributed by atoms with Gasteiger partial charge in [-0.15, -0.1) is 0 Å². The molecule has 2 aromatic carbocycles. The zero-order valence-corrected chi connectivity index (χ0v) is 12.7. The Labute approximate surface area is 131 Å². The van der Waals surface area contributed by atoms with Gasteiger partial charge in [0.25, 0.3) is 0 Å². The summed E-state index contributed by atoms with van der Waals surface area (Å²) >= 11 is 5.60. The second-order valence-corrected chi connectivity index (χ2v) is 6.76. The number of halogens is 2. The fraction of sp³-hybridized carbons (Fsp3) is 0.143. The molecule has 0 amide bonds. The standard InChI is InChI=1S/C14H11ClFNO4S/c15-11-6-10(2-3-12(11)16)22(18,19)17-7-9-1-4-13-14(5-9)21-8-20-13/h1-6,17H,7-8H2. The van der Waals surface area contributed by atoms with Crippen molar-refractivity contribution >= 4 is 21.6 Å². The molecule has 0 aliphatic carbocycles. The van der Waals surface area contributed by atoms with Crippen molar-refractivity contribution < 1.29 is 22.3 Å². The van der Waals surface area contributed by atoms with Crippen LogP contribution in [0.15, 0.2) is 41.3 Å². The van der Waals surface area contributed by atoms with Crippen molar-refractivity contribution in [3.8, 4) is 11.5 Å². The minimum absolute atomic E-state index is 0.0635. The van der Waals surface area contributed by atoms with E-state index >= 15 is 0 Å². The van der Waals surface area contributed by atoms with E-state index in [0.717, 1.165) is 18.2 Å². The highest BCUT2D eigenvalue weighted by molar-refractivity contribution is 7.89. The topological polar surface area (TPSA) is 64.6 Å². The summed E-state index contributed by atoms with van der Waals surface area (Å²) in [5.41, 5.74) is 0.709. The molecule has 1 N–H and O–H groups in total. The van der Waals surface area contributed by atoms with Gasteiger partial charge in [0, 0.05) is 6.54 Å². The average molecular weight is 344 g/mol. The minimum atomic E-state index is -3.78. The van der Waals surface area contributed by atoms with Crippen LogP contribution in [0.1, 0.15) is 5.56 Å². The van der Waals surface area contributed by atoms with Crippen molar-refractivity contribution in [3.63, 3.8) is 0 Å². The number of benzene rings is 2. The van der Waals surface area contributed by atoms with Crippen LogP contribution in [-0.4, -0.2) is 15.2 Å². The Morgan fingerprint density at radius 1 is 1.14 bits per heavy atom. The molecular formula is C14H11ClFNO4S. The molecule has 1 heterocycles. The van der Waals surface area contributed by atoms with Crippen LogP contribution in [0.4, 0.5) is 4.39 Å². The normalized spacial score (nSPS) is 13.4. The van der Waals surface area contributed by atoms with Crippen LogP contribution < -0.4 is 14.2 Å². The van der Waals surface area contributed by atoms with Crippen LogP contribution in [0, 0.1) is 5.82 Å². The first-order valence-electron chi connectivity index (χ1n) is 6.29. The molecule has 3 rings (SSSR count). The summed E-state index contributed by atoms with van der Waals surface area (Å²) in [5, 5.41) is -0.244. The van der Waals surface area contributed by atoms with Gasteiger partial charge in [-0.05, 0) is 35.9 Å². The van der Waals surface area contributed by atoms with E-state index in [1.807, 2.05) is 0 Å². The molecule has 0 radical (unpaired) electrons. The highest BCUT2D eigenvalue weighted by Gasteiger charge is 2.17. The molecule has 0 saturated heterocycles. The SMILES string of the molecule is O=S(=O)(NCc1ccc2c(c1)OCO2)c1ccc(F)c(Cl)c1. The van der Waals surface area contributed by atoms with Crippen molar-refractivity contribution in [1.29, 1.82) is 0 Å². The van der Waals surface area contributed by atoms with Crippen molar-refractivity contribution in [3.05, 3.63) is 52.8 Å². The largest absolute Gasteiger partial charge is 0.454 e. The molecule has 0 unspecified atom stereocenters. The Morgan fingerprint density at radius 2 is 1.91 bits per heavy atom. The number of sulfonamides is 1. The van der Waals surface area contributed by atoms with Gasteiger partial charge in [-0.2, -0.15) is 0 Å². The summed E-state index contributed by atoms with van der Waals surface area (Å²) in [6, 6.07) is 8.37. The third kappa shape index (κ3) is 3.01. The van der Waals surface area contributed by atoms with E-state index in [1.165, 1.54) is 0 Å². The van der Waals surface area contributed by atoms with E-state index in [1.54, 1.807) is 18.2 Å². The van der Waals surface area contributed by atoms with Crippen molar-refractivity contribution in [2.24, 2.45) is 0 Å². The monoisotopic (exact) mass is 343 g/mol. The number of hydrogen-bond donors (Lipinski definition) is 1. The van der Waals surface area contributed by atoms with Crippen LogP contribution in [0.5, 0.6) is 11.5 Å². The van der Waals surface area contributed by atoms with Crippen LogP contribution in [-0.2, 0) is 16.6 Å². The summed E-state index contributed by atoms with van der Waals surface area (Å²) in [7, 11) is -3.78. The lowest BCUT2D eigenvalue weighted by atomic mass is 10.2. The zero-order chi connectivity index (χ0) is 15.7. The minimum Gasteiger partial charge on any atom is -0.454 e. The van der Waals surface area contributed by atoms with Crippen molar-refractivity contribution in [1.82, 2.24) is 4.72 Å². The molecular weight excluding hydrogens is 333 g/mol. The van der Waals surface area contributed by atoms with Gasteiger partial charge in [-0.1, -0.05) is 17.7 Å². The quantitative estimate of drug-likeness (QED) is 0.927. The highest BCUT2D eigenvalue weighted by atomic mass is 35.5. The van der Waals surface area contributed by atoms with E-state index in [2.05, 4.69) is 4.72 Å². The first-order valence-corrected chi connectivity index (χ1v) is 8.15. The maximum atomic E-state index is 13.1. The van der Waals surface area contributed by atoms with Crippen LogP contribution >= 0.6 is 11.6 Å². The molecule has 0 bridgehead atoms. The molecule has 0 spiro atoms. The number of hydrogen-bond acceptors (Lipinski definition) is 4. The van der Waals surface area contributed by atoms with E-state index in [0.29, 0.717) is 17.1 Å². The van der Waals surface area contributed by atoms with Crippen molar-refractivity contribution in [2.45, 2.75) is 11.4 Å². The lowest BCUT2D eigenvalue weighted by Crippen LogP contribution is -2.23. The summed E-state index contributed by atoms with van der Waals surface area (Å²) in [6.07, 6.45) is 0. The summed E-state index contributed by atoms with van der Waals surface area (Å²) in [6.45, 7) is 0.215. The van der Waals surface area contributed by atoms with Gasteiger partial charge in [-0.3, -0.25) is 0 Å². The fourth-order valence-electron chi connectivity index (χ4n) is 1.96. The smallest absolute Gasteiger partial charge is 0.240 e. The third-order valence-electron chi connectivity index (χ3n) is 3.10. The molecule has 0 atom stereocenters. The number of fused-ring (bicyclic) bond motifs is 1. The summed E-state index contributed by atoms with van der Waals surface area (Å²) in [5.74, 6) is 0.523. The van der Waals surface area contributed by atoms with Gasteiger partial charge < -0.3 is 9.47 Å². The summed E-state index contributed by atoms with van der Waals surface area (Å²) in [4.78, 5) is -0.0976. The maximum absolute atomic E-state index is 13.1. The Balaban J connectivity index is 1.76. The molecule has 0 saturated carbocycles. The predicted octanol–water partition coefficient (Wildman–Crippen LogP) is 2.69. The molecule has 1 aliphatic heterocycles. The van der Waals surface area contributed by atoms with Crippen molar-refractivity contribution in [2.75, 3.05) is 6.79 Å². The van der Waals surface area contributed by atoms with Gasteiger partial charge in [0.1, 0.15) is 5.82 Å². The van der Waals surface area contributed by atoms with E-state index in [-0.39, 0.29) is 23.3 Å². The summed E-state index contributed by atoms with van der Waals surface area (Å²) < 4.78 is 50.2. The third-order valence-corrected chi connectivity index (χ3v) is 4.79. The van der Waals surface area contributed by atoms with E-state index < -0.39 is 15.8 Å². The highest BCUT2D eigenvalue weighted by Crippen LogP contribution is 2.32. The molecule has 22 heavy (non-hydrogen) atoms. The number of rotatable bonds is 4. The Hall–Kier alpha value is -1.83. The Kier molecular flexibility index (Phi) is 3.94. The Morgan fingerprint density at radius 3 is 2.68 bits per heavy atom. The first-order chi connectivity index (χ1) is 10.5.